The number of rotatable bonds is 2. The first kappa shape index (κ1) is 10.1. The molecule has 1 atom stereocenters. The van der Waals surface area contributed by atoms with Crippen LogP contribution in [0.1, 0.15) is 18.4 Å². The summed E-state index contributed by atoms with van der Waals surface area (Å²) in [4.78, 5) is 0. The lowest BCUT2D eigenvalue weighted by atomic mass is 10.0. The smallest absolute Gasteiger partial charge is 0.164 e. The Morgan fingerprint density at radius 3 is 2.36 bits per heavy atom. The summed E-state index contributed by atoms with van der Waals surface area (Å²) in [5.41, 5.74) is 1.25. The third kappa shape index (κ3) is 2.16. The van der Waals surface area contributed by atoms with Crippen LogP contribution >= 0.6 is 15.9 Å². The predicted octanol–water partition coefficient (Wildman–Crippen LogP) is 2.93. The molecule has 0 N–H and O–H groups in total. The van der Waals surface area contributed by atoms with E-state index in [1.54, 1.807) is 0 Å². The van der Waals surface area contributed by atoms with E-state index in [9.17, 15) is 0 Å². The zero-order valence-corrected chi connectivity index (χ0v) is 9.66. The fourth-order valence-electron chi connectivity index (χ4n) is 1.59. The van der Waals surface area contributed by atoms with Gasteiger partial charge < -0.3 is 9.47 Å². The molecule has 0 spiro atoms. The molecule has 3 heteroatoms. The Morgan fingerprint density at radius 2 is 1.79 bits per heavy atom. The maximum absolute atomic E-state index is 5.47. The minimum absolute atomic E-state index is 0.0730. The van der Waals surface area contributed by atoms with Crippen LogP contribution in [-0.4, -0.2) is 19.5 Å². The standard InChI is InChI=1S/C11H13BrO2/c1-8(11-13-6-7-14-11)9-2-4-10(12)5-3-9/h2-5,8,11H,6-7H2,1H3/t8-/m0/s1. The molecule has 1 fully saturated rings. The van der Waals surface area contributed by atoms with E-state index in [0.717, 1.165) is 4.47 Å². The highest BCUT2D eigenvalue weighted by atomic mass is 79.9. The molecular formula is C11H13BrO2. The van der Waals surface area contributed by atoms with Gasteiger partial charge in [-0.05, 0) is 17.7 Å². The zero-order chi connectivity index (χ0) is 9.97. The molecule has 1 aliphatic heterocycles. The first-order chi connectivity index (χ1) is 6.77. The molecule has 1 aliphatic rings. The number of halogens is 1. The predicted molar refractivity (Wildman–Crippen MR) is 58.2 cm³/mol. The lowest BCUT2D eigenvalue weighted by molar-refractivity contribution is -0.0570. The van der Waals surface area contributed by atoms with Gasteiger partial charge in [0.2, 0.25) is 0 Å². The van der Waals surface area contributed by atoms with Crippen molar-refractivity contribution in [2.75, 3.05) is 13.2 Å². The molecular weight excluding hydrogens is 244 g/mol. The van der Waals surface area contributed by atoms with Crippen molar-refractivity contribution in [2.45, 2.75) is 19.1 Å². The van der Waals surface area contributed by atoms with Gasteiger partial charge in [-0.25, -0.2) is 0 Å². The molecule has 2 rings (SSSR count). The SMILES string of the molecule is C[C@@H](c1ccc(Br)cc1)C1OCCO1. The van der Waals surface area contributed by atoms with Gasteiger partial charge in [-0.1, -0.05) is 35.0 Å². The Hall–Kier alpha value is -0.380. The van der Waals surface area contributed by atoms with Gasteiger partial charge in [-0.3, -0.25) is 0 Å². The highest BCUT2D eigenvalue weighted by Gasteiger charge is 2.24. The average molecular weight is 257 g/mol. The number of hydrogen-bond donors (Lipinski definition) is 0. The van der Waals surface area contributed by atoms with E-state index in [-0.39, 0.29) is 6.29 Å². The largest absolute Gasteiger partial charge is 0.350 e. The fourth-order valence-corrected chi connectivity index (χ4v) is 1.85. The first-order valence-electron chi connectivity index (χ1n) is 4.76. The summed E-state index contributed by atoms with van der Waals surface area (Å²) in [5, 5.41) is 0. The minimum atomic E-state index is -0.0730. The van der Waals surface area contributed by atoms with Gasteiger partial charge in [0, 0.05) is 10.4 Å². The molecule has 2 nitrogen and oxygen atoms in total. The van der Waals surface area contributed by atoms with Gasteiger partial charge in [0.15, 0.2) is 6.29 Å². The van der Waals surface area contributed by atoms with E-state index >= 15 is 0 Å². The van der Waals surface area contributed by atoms with Crippen molar-refractivity contribution in [3.8, 4) is 0 Å². The van der Waals surface area contributed by atoms with Crippen molar-refractivity contribution in [3.63, 3.8) is 0 Å². The Balaban J connectivity index is 2.09. The Bertz CT molecular complexity index is 291. The van der Waals surface area contributed by atoms with Crippen LogP contribution < -0.4 is 0 Å². The highest BCUT2D eigenvalue weighted by molar-refractivity contribution is 9.10. The molecule has 1 aromatic rings. The molecule has 1 saturated heterocycles. The molecule has 0 aliphatic carbocycles. The van der Waals surface area contributed by atoms with Crippen molar-refractivity contribution in [3.05, 3.63) is 34.3 Å². The fraction of sp³-hybridized carbons (Fsp3) is 0.455. The maximum atomic E-state index is 5.47. The second kappa shape index (κ2) is 4.43. The summed E-state index contributed by atoms with van der Waals surface area (Å²) >= 11 is 3.42. The van der Waals surface area contributed by atoms with Crippen LogP contribution in [0.4, 0.5) is 0 Å². The second-order valence-corrected chi connectivity index (χ2v) is 4.37. The van der Waals surface area contributed by atoms with Gasteiger partial charge in [0.1, 0.15) is 0 Å². The molecule has 1 heterocycles. The summed E-state index contributed by atoms with van der Waals surface area (Å²) in [6.07, 6.45) is -0.0730. The molecule has 0 saturated carbocycles. The molecule has 1 aromatic carbocycles. The quantitative estimate of drug-likeness (QED) is 0.811. The lowest BCUT2D eigenvalue weighted by Crippen LogP contribution is -2.16. The summed E-state index contributed by atoms with van der Waals surface area (Å²) in [5.74, 6) is 0.297. The molecule has 0 radical (unpaired) electrons. The first-order valence-corrected chi connectivity index (χ1v) is 5.55. The van der Waals surface area contributed by atoms with E-state index in [1.807, 2.05) is 12.1 Å². The van der Waals surface area contributed by atoms with Crippen LogP contribution in [0.15, 0.2) is 28.7 Å². The summed E-state index contributed by atoms with van der Waals surface area (Å²) in [7, 11) is 0. The van der Waals surface area contributed by atoms with Gasteiger partial charge >= 0.3 is 0 Å². The number of ether oxygens (including phenoxy) is 2. The molecule has 0 unspecified atom stereocenters. The van der Waals surface area contributed by atoms with Crippen LogP contribution in [0.2, 0.25) is 0 Å². The Morgan fingerprint density at radius 1 is 1.21 bits per heavy atom. The Kier molecular flexibility index (Phi) is 3.21. The summed E-state index contributed by atoms with van der Waals surface area (Å²) in [6.45, 7) is 3.55. The van der Waals surface area contributed by atoms with Gasteiger partial charge in [0.25, 0.3) is 0 Å². The van der Waals surface area contributed by atoms with Crippen LogP contribution in [0.5, 0.6) is 0 Å². The molecule has 0 aromatic heterocycles. The van der Waals surface area contributed by atoms with Crippen LogP contribution in [-0.2, 0) is 9.47 Å². The third-order valence-corrected chi connectivity index (χ3v) is 2.98. The van der Waals surface area contributed by atoms with Crippen molar-refractivity contribution < 1.29 is 9.47 Å². The molecule has 76 valence electrons. The topological polar surface area (TPSA) is 18.5 Å². The van der Waals surface area contributed by atoms with Crippen LogP contribution in [0.3, 0.4) is 0 Å². The highest BCUT2D eigenvalue weighted by Crippen LogP contribution is 2.25. The summed E-state index contributed by atoms with van der Waals surface area (Å²) < 4.78 is 12.0. The van der Waals surface area contributed by atoms with E-state index in [0.29, 0.717) is 19.1 Å². The second-order valence-electron chi connectivity index (χ2n) is 3.45. The van der Waals surface area contributed by atoms with Gasteiger partial charge in [-0.15, -0.1) is 0 Å². The zero-order valence-electron chi connectivity index (χ0n) is 8.07. The minimum Gasteiger partial charge on any atom is -0.350 e. The average Bonchev–Trinajstić information content (AvgIpc) is 2.71. The monoisotopic (exact) mass is 256 g/mol. The van der Waals surface area contributed by atoms with E-state index in [1.165, 1.54) is 5.56 Å². The molecule has 0 amide bonds. The Labute approximate surface area is 92.3 Å². The van der Waals surface area contributed by atoms with Crippen molar-refractivity contribution in [1.29, 1.82) is 0 Å². The van der Waals surface area contributed by atoms with Crippen LogP contribution in [0, 0.1) is 0 Å². The van der Waals surface area contributed by atoms with Crippen LogP contribution in [0.25, 0.3) is 0 Å². The maximum Gasteiger partial charge on any atom is 0.164 e. The number of hydrogen-bond acceptors (Lipinski definition) is 2. The van der Waals surface area contributed by atoms with Crippen molar-refractivity contribution in [1.82, 2.24) is 0 Å². The van der Waals surface area contributed by atoms with E-state index < -0.39 is 0 Å². The third-order valence-electron chi connectivity index (χ3n) is 2.45. The number of benzene rings is 1. The van der Waals surface area contributed by atoms with E-state index in [4.69, 9.17) is 9.47 Å². The lowest BCUT2D eigenvalue weighted by Gasteiger charge is -2.17. The van der Waals surface area contributed by atoms with Gasteiger partial charge in [0.05, 0.1) is 13.2 Å². The van der Waals surface area contributed by atoms with E-state index in [2.05, 4.69) is 35.0 Å². The van der Waals surface area contributed by atoms with Gasteiger partial charge in [-0.2, -0.15) is 0 Å². The van der Waals surface area contributed by atoms with Crippen molar-refractivity contribution in [2.24, 2.45) is 0 Å². The molecule has 0 bridgehead atoms. The summed E-state index contributed by atoms with van der Waals surface area (Å²) in [6, 6.07) is 8.28. The molecule has 14 heavy (non-hydrogen) atoms. The van der Waals surface area contributed by atoms with Crippen molar-refractivity contribution >= 4 is 15.9 Å². The normalized spacial score (nSPS) is 19.9.